The molecule has 5 rings (SSSR count). The molecule has 2 bridgehead atoms. The maximum atomic E-state index is 15.6. The number of rotatable bonds is 3. The fourth-order valence-electron chi connectivity index (χ4n) is 5.61. The predicted octanol–water partition coefficient (Wildman–Crippen LogP) is 1.12. The van der Waals surface area contributed by atoms with Crippen molar-refractivity contribution in [3.63, 3.8) is 0 Å². The molecule has 1 saturated carbocycles. The molecule has 4 atom stereocenters. The number of benzene rings is 1. The smallest absolute Gasteiger partial charge is 0.407 e. The normalized spacial score (nSPS) is 28.3. The van der Waals surface area contributed by atoms with E-state index in [0.29, 0.717) is 30.8 Å². The average molecular weight is 427 g/mol. The summed E-state index contributed by atoms with van der Waals surface area (Å²) in [5.41, 5.74) is 12.2. The molecule has 2 aliphatic heterocycles. The summed E-state index contributed by atoms with van der Waals surface area (Å²) in [6, 6.07) is 3.95. The Kier molecular flexibility index (Phi) is 4.26. The van der Waals surface area contributed by atoms with E-state index >= 15 is 4.39 Å². The van der Waals surface area contributed by atoms with Gasteiger partial charge in [0.15, 0.2) is 5.82 Å². The van der Waals surface area contributed by atoms with Crippen LogP contribution in [-0.4, -0.2) is 51.6 Å². The summed E-state index contributed by atoms with van der Waals surface area (Å²) in [7, 11) is 1.47. The number of nitrogens with two attached hydrogens (primary N) is 1. The number of anilines is 2. The molecule has 3 heterocycles. The molecule has 3 aliphatic rings. The van der Waals surface area contributed by atoms with E-state index in [4.69, 9.17) is 5.73 Å². The minimum absolute atomic E-state index is 0.174. The minimum atomic E-state index is -1.19. The van der Waals surface area contributed by atoms with Gasteiger partial charge < -0.3 is 26.5 Å². The van der Waals surface area contributed by atoms with Crippen LogP contribution in [0.4, 0.5) is 20.8 Å². The van der Waals surface area contributed by atoms with Crippen molar-refractivity contribution >= 4 is 23.6 Å². The van der Waals surface area contributed by atoms with E-state index in [-0.39, 0.29) is 34.8 Å². The highest BCUT2D eigenvalue weighted by atomic mass is 19.1. The fourth-order valence-corrected chi connectivity index (χ4v) is 5.61. The Balaban J connectivity index is 1.71. The first-order chi connectivity index (χ1) is 14.9. The van der Waals surface area contributed by atoms with Crippen LogP contribution in [0.3, 0.4) is 0 Å². The topological polar surface area (TPSA) is 146 Å². The lowest BCUT2D eigenvalue weighted by molar-refractivity contribution is 0.0874. The van der Waals surface area contributed by atoms with Gasteiger partial charge in [-0.1, -0.05) is 6.07 Å². The van der Waals surface area contributed by atoms with Crippen molar-refractivity contribution in [2.45, 2.75) is 24.4 Å². The lowest BCUT2D eigenvalue weighted by atomic mass is 9.70. The van der Waals surface area contributed by atoms with Crippen molar-refractivity contribution in [3.05, 3.63) is 47.0 Å². The molecule has 11 heteroatoms. The molecule has 2 aromatic rings. The van der Waals surface area contributed by atoms with Crippen molar-refractivity contribution in [2.24, 2.45) is 11.8 Å². The van der Waals surface area contributed by atoms with Crippen LogP contribution in [-0.2, 0) is 5.54 Å². The first-order valence-electron chi connectivity index (χ1n) is 10.0. The molecular weight excluding hydrogens is 405 g/mol. The summed E-state index contributed by atoms with van der Waals surface area (Å²) in [4.78, 5) is 33.6. The van der Waals surface area contributed by atoms with E-state index in [9.17, 15) is 14.7 Å². The second-order valence-corrected chi connectivity index (χ2v) is 8.26. The van der Waals surface area contributed by atoms with Gasteiger partial charge in [0.1, 0.15) is 23.5 Å². The Morgan fingerprint density at radius 2 is 2.16 bits per heavy atom. The number of likely N-dealkylation sites (tertiary alicyclic amines) is 1. The number of aromatic nitrogens is 2. The van der Waals surface area contributed by atoms with E-state index in [2.05, 4.69) is 26.1 Å². The standard InChI is InChI=1S/C20H22FN7O3/c1-23-18(29)10-2-3-11(13(21)6-10)20(15-16(22)24-8-25-17(15)26-27-20)12-4-9-5-14(12)28(7-9)19(30)31/h2-3,6,8-9,12,14,27H,4-5,7H2,1H3,(H,23,29)(H,30,31)(H3,22,24,25,26)/t9-,12+,14+,20?/m1/s1. The first kappa shape index (κ1) is 19.5. The summed E-state index contributed by atoms with van der Waals surface area (Å²) in [6.45, 7) is 0.464. The fraction of sp³-hybridized carbons (Fsp3) is 0.400. The number of carboxylic acid groups (broad SMARTS) is 1. The maximum absolute atomic E-state index is 15.6. The summed E-state index contributed by atoms with van der Waals surface area (Å²) < 4.78 is 15.6. The Morgan fingerprint density at radius 1 is 1.35 bits per heavy atom. The number of nitrogen functional groups attached to an aromatic ring is 1. The van der Waals surface area contributed by atoms with Gasteiger partial charge in [-0.15, -0.1) is 0 Å². The molecule has 1 aromatic carbocycles. The zero-order chi connectivity index (χ0) is 21.9. The van der Waals surface area contributed by atoms with Crippen LogP contribution < -0.4 is 21.9 Å². The van der Waals surface area contributed by atoms with E-state index < -0.39 is 23.4 Å². The highest BCUT2D eigenvalue weighted by molar-refractivity contribution is 5.94. The van der Waals surface area contributed by atoms with Gasteiger partial charge in [-0.25, -0.2) is 24.6 Å². The highest BCUT2D eigenvalue weighted by Crippen LogP contribution is 2.56. The second kappa shape index (κ2) is 6.77. The van der Waals surface area contributed by atoms with Crippen LogP contribution in [0.15, 0.2) is 24.5 Å². The summed E-state index contributed by atoms with van der Waals surface area (Å²) >= 11 is 0. The third-order valence-corrected chi connectivity index (χ3v) is 6.82. The molecule has 1 unspecified atom stereocenters. The molecule has 1 saturated heterocycles. The molecule has 31 heavy (non-hydrogen) atoms. The van der Waals surface area contributed by atoms with E-state index in [1.807, 2.05) is 0 Å². The number of nitrogens with one attached hydrogen (secondary N) is 3. The number of hydrogen-bond acceptors (Lipinski definition) is 7. The molecule has 0 radical (unpaired) electrons. The van der Waals surface area contributed by atoms with Gasteiger partial charge >= 0.3 is 6.09 Å². The van der Waals surface area contributed by atoms with E-state index in [1.165, 1.54) is 24.3 Å². The zero-order valence-electron chi connectivity index (χ0n) is 16.7. The SMILES string of the molecule is CNC(=O)c1ccc(C2([C@H]3C[C@@H]4C[C@@H]3N(C(=O)O)C4)NNc3ncnc(N)c32)c(F)c1. The summed E-state index contributed by atoms with van der Waals surface area (Å²) in [5, 5.41) is 12.2. The largest absolute Gasteiger partial charge is 0.465 e. The number of hydrogen-bond donors (Lipinski definition) is 5. The van der Waals surface area contributed by atoms with Crippen LogP contribution in [0.2, 0.25) is 0 Å². The predicted molar refractivity (Wildman–Crippen MR) is 109 cm³/mol. The van der Waals surface area contributed by atoms with E-state index in [0.717, 1.165) is 0 Å². The monoisotopic (exact) mass is 427 g/mol. The van der Waals surface area contributed by atoms with Crippen molar-refractivity contribution in [1.29, 1.82) is 0 Å². The number of carbonyl (C=O) groups is 2. The first-order valence-corrected chi connectivity index (χ1v) is 10.0. The quantitative estimate of drug-likeness (QED) is 0.490. The number of halogens is 1. The van der Waals surface area contributed by atoms with Crippen molar-refractivity contribution in [2.75, 3.05) is 24.8 Å². The molecular formula is C20H22FN7O3. The molecule has 2 fully saturated rings. The van der Waals surface area contributed by atoms with Crippen molar-refractivity contribution in [1.82, 2.24) is 25.6 Å². The lowest BCUT2D eigenvalue weighted by Crippen LogP contribution is -2.56. The third kappa shape index (κ3) is 2.66. The van der Waals surface area contributed by atoms with Crippen LogP contribution in [0.25, 0.3) is 0 Å². The average Bonchev–Trinajstić information content (AvgIpc) is 3.46. The number of carbonyl (C=O) groups excluding carboxylic acids is 1. The molecule has 1 aliphatic carbocycles. The van der Waals surface area contributed by atoms with Gasteiger partial charge in [0.05, 0.1) is 5.56 Å². The van der Waals surface area contributed by atoms with Gasteiger partial charge in [-0.3, -0.25) is 4.79 Å². The Morgan fingerprint density at radius 3 is 2.84 bits per heavy atom. The molecule has 6 N–H and O–H groups in total. The van der Waals surface area contributed by atoms with Crippen LogP contribution in [0.1, 0.15) is 34.3 Å². The Hall–Kier alpha value is -3.47. The molecule has 2 amide bonds. The summed E-state index contributed by atoms with van der Waals surface area (Å²) in [5.74, 6) is -0.542. The van der Waals surface area contributed by atoms with Crippen LogP contribution >= 0.6 is 0 Å². The molecule has 162 valence electrons. The number of piperidine rings is 1. The number of hydrazine groups is 1. The number of amides is 2. The van der Waals surface area contributed by atoms with Crippen molar-refractivity contribution < 1.29 is 19.1 Å². The van der Waals surface area contributed by atoms with E-state index in [1.54, 1.807) is 12.1 Å². The van der Waals surface area contributed by atoms with Gasteiger partial charge in [-0.05, 0) is 30.9 Å². The number of fused-ring (bicyclic) bond motifs is 3. The molecule has 10 nitrogen and oxygen atoms in total. The van der Waals surface area contributed by atoms with Gasteiger partial charge in [0.2, 0.25) is 0 Å². The van der Waals surface area contributed by atoms with Crippen molar-refractivity contribution in [3.8, 4) is 0 Å². The summed E-state index contributed by atoms with van der Waals surface area (Å²) in [6.07, 6.45) is 1.70. The van der Waals surface area contributed by atoms with Gasteiger partial charge in [-0.2, -0.15) is 0 Å². The van der Waals surface area contributed by atoms with Gasteiger partial charge in [0, 0.05) is 36.7 Å². The maximum Gasteiger partial charge on any atom is 0.407 e. The van der Waals surface area contributed by atoms with Crippen LogP contribution in [0.5, 0.6) is 0 Å². The Bertz CT molecular complexity index is 1100. The van der Waals surface area contributed by atoms with Gasteiger partial charge in [0.25, 0.3) is 5.91 Å². The lowest BCUT2D eigenvalue weighted by Gasteiger charge is -2.43. The number of nitrogens with zero attached hydrogens (tertiary/aromatic N) is 3. The molecule has 0 spiro atoms. The second-order valence-electron chi connectivity index (χ2n) is 8.26. The molecule has 1 aromatic heterocycles. The van der Waals surface area contributed by atoms with Crippen LogP contribution in [0, 0.1) is 17.7 Å². The third-order valence-electron chi connectivity index (χ3n) is 6.82. The minimum Gasteiger partial charge on any atom is -0.465 e. The zero-order valence-corrected chi connectivity index (χ0v) is 16.7. The Labute approximate surface area is 177 Å². The highest BCUT2D eigenvalue weighted by Gasteiger charge is 2.60.